The minimum atomic E-state index is -0.982. The summed E-state index contributed by atoms with van der Waals surface area (Å²) in [6.07, 6.45) is 0.136. The molecule has 0 fully saturated rings. The van der Waals surface area contributed by atoms with Gasteiger partial charge in [0, 0.05) is 11.4 Å². The Balaban J connectivity index is 2.72. The number of benzene rings is 1. The predicted molar refractivity (Wildman–Crippen MR) is 61.0 cm³/mol. The van der Waals surface area contributed by atoms with Crippen LogP contribution in [0.5, 0.6) is 0 Å². The molecule has 16 heavy (non-hydrogen) atoms. The van der Waals surface area contributed by atoms with Crippen molar-refractivity contribution >= 4 is 17.4 Å². The van der Waals surface area contributed by atoms with Gasteiger partial charge in [0.15, 0.2) is 5.78 Å². The fraction of sp³-hybridized carbons (Fsp3) is 0.417. The molecule has 4 heteroatoms. The van der Waals surface area contributed by atoms with Gasteiger partial charge < -0.3 is 5.11 Å². The summed E-state index contributed by atoms with van der Waals surface area (Å²) in [5.74, 6) is -0.758. The summed E-state index contributed by atoms with van der Waals surface area (Å²) in [5, 5.41) is 9.80. The molecule has 88 valence electrons. The first-order chi connectivity index (χ1) is 7.54. The maximum absolute atomic E-state index is 12.9. The highest BCUT2D eigenvalue weighted by Crippen LogP contribution is 2.18. The van der Waals surface area contributed by atoms with Crippen molar-refractivity contribution in [3.63, 3.8) is 0 Å². The average Bonchev–Trinajstić information content (AvgIpc) is 2.23. The Morgan fingerprint density at radius 3 is 2.88 bits per heavy atom. The lowest BCUT2D eigenvalue weighted by atomic mass is 10.0. The summed E-state index contributed by atoms with van der Waals surface area (Å²) in [7, 11) is 0. The van der Waals surface area contributed by atoms with Crippen LogP contribution < -0.4 is 0 Å². The first-order valence-corrected chi connectivity index (χ1v) is 5.57. The van der Waals surface area contributed by atoms with E-state index < -0.39 is 11.9 Å². The van der Waals surface area contributed by atoms with Crippen LogP contribution in [0.4, 0.5) is 4.39 Å². The second kappa shape index (κ2) is 5.97. The van der Waals surface area contributed by atoms with Gasteiger partial charge in [0.05, 0.1) is 0 Å². The highest BCUT2D eigenvalue weighted by Gasteiger charge is 2.16. The molecule has 0 radical (unpaired) electrons. The lowest BCUT2D eigenvalue weighted by molar-refractivity contribution is -0.126. The van der Waals surface area contributed by atoms with Gasteiger partial charge in [-0.1, -0.05) is 24.9 Å². The van der Waals surface area contributed by atoms with Gasteiger partial charge in [-0.05, 0) is 30.2 Å². The second-order valence-corrected chi connectivity index (χ2v) is 4.09. The third-order valence-electron chi connectivity index (χ3n) is 2.31. The number of hydrogen-bond donors (Lipinski definition) is 1. The first kappa shape index (κ1) is 13.1. The van der Waals surface area contributed by atoms with E-state index >= 15 is 0 Å². The van der Waals surface area contributed by atoms with Crippen molar-refractivity contribution < 1.29 is 14.3 Å². The number of halogens is 2. The Hall–Kier alpha value is -0.930. The zero-order valence-electron chi connectivity index (χ0n) is 9.04. The maximum Gasteiger partial charge on any atom is 0.165 e. The van der Waals surface area contributed by atoms with Crippen LogP contribution in [0.3, 0.4) is 0 Å². The van der Waals surface area contributed by atoms with Gasteiger partial charge in [-0.25, -0.2) is 4.39 Å². The number of ketones is 1. The summed E-state index contributed by atoms with van der Waals surface area (Å²) in [4.78, 5) is 11.5. The number of carbonyl (C=O) groups is 1. The number of aliphatic hydroxyl groups excluding tert-OH is 1. The van der Waals surface area contributed by atoms with Crippen LogP contribution in [0.15, 0.2) is 18.2 Å². The molecule has 0 aliphatic carbocycles. The third kappa shape index (κ3) is 3.58. The molecule has 1 aromatic carbocycles. The molecule has 1 unspecified atom stereocenters. The molecule has 0 heterocycles. The Morgan fingerprint density at radius 2 is 2.25 bits per heavy atom. The van der Waals surface area contributed by atoms with E-state index in [2.05, 4.69) is 0 Å². The molecular weight excluding hydrogens is 231 g/mol. The molecule has 0 saturated carbocycles. The van der Waals surface area contributed by atoms with Crippen LogP contribution in [0.2, 0.25) is 5.02 Å². The van der Waals surface area contributed by atoms with Crippen molar-refractivity contribution in [2.24, 2.45) is 0 Å². The van der Waals surface area contributed by atoms with Crippen molar-refractivity contribution in [3.05, 3.63) is 34.6 Å². The van der Waals surface area contributed by atoms with Crippen molar-refractivity contribution in [2.45, 2.75) is 32.3 Å². The van der Waals surface area contributed by atoms with Crippen LogP contribution in [0.25, 0.3) is 0 Å². The summed E-state index contributed by atoms with van der Waals surface area (Å²) < 4.78 is 12.9. The van der Waals surface area contributed by atoms with Crippen LogP contribution in [0.1, 0.15) is 25.3 Å². The number of aliphatic hydroxyl groups is 1. The Kier molecular flexibility index (Phi) is 4.90. The van der Waals surface area contributed by atoms with Crippen molar-refractivity contribution in [2.75, 3.05) is 0 Å². The fourth-order valence-electron chi connectivity index (χ4n) is 1.42. The molecule has 0 saturated heterocycles. The van der Waals surface area contributed by atoms with Crippen molar-refractivity contribution in [3.8, 4) is 0 Å². The molecule has 0 bridgehead atoms. The van der Waals surface area contributed by atoms with Crippen LogP contribution in [0, 0.1) is 5.82 Å². The standard InChI is InChI=1S/C12H14ClFO2/c1-2-3-11(15)12(16)7-8-6-9(14)4-5-10(8)13/h4-6,11,15H,2-3,7H2,1H3. The summed E-state index contributed by atoms with van der Waals surface area (Å²) in [6.45, 7) is 1.88. The molecular formula is C12H14ClFO2. The highest BCUT2D eigenvalue weighted by molar-refractivity contribution is 6.31. The topological polar surface area (TPSA) is 37.3 Å². The van der Waals surface area contributed by atoms with E-state index in [4.69, 9.17) is 11.6 Å². The van der Waals surface area contributed by atoms with E-state index in [0.29, 0.717) is 17.0 Å². The lowest BCUT2D eigenvalue weighted by Gasteiger charge is -2.09. The number of Topliss-reactive ketones (excluding diaryl/α,β-unsaturated/α-hetero) is 1. The number of rotatable bonds is 5. The minimum Gasteiger partial charge on any atom is -0.385 e. The molecule has 0 aliphatic heterocycles. The predicted octanol–water partition coefficient (Wildman–Crippen LogP) is 2.75. The van der Waals surface area contributed by atoms with E-state index in [0.717, 1.165) is 6.42 Å². The van der Waals surface area contributed by atoms with E-state index in [1.54, 1.807) is 0 Å². The van der Waals surface area contributed by atoms with E-state index in [1.165, 1.54) is 18.2 Å². The van der Waals surface area contributed by atoms with Crippen LogP contribution in [-0.2, 0) is 11.2 Å². The van der Waals surface area contributed by atoms with Crippen molar-refractivity contribution in [1.29, 1.82) is 0 Å². The molecule has 0 aromatic heterocycles. The van der Waals surface area contributed by atoms with Gasteiger partial charge in [0.1, 0.15) is 11.9 Å². The number of hydrogen-bond acceptors (Lipinski definition) is 2. The Morgan fingerprint density at radius 1 is 1.56 bits per heavy atom. The first-order valence-electron chi connectivity index (χ1n) is 5.19. The molecule has 1 atom stereocenters. The van der Waals surface area contributed by atoms with E-state index in [9.17, 15) is 14.3 Å². The number of carbonyl (C=O) groups excluding carboxylic acids is 1. The van der Waals surface area contributed by atoms with Gasteiger partial charge in [0.25, 0.3) is 0 Å². The van der Waals surface area contributed by atoms with Gasteiger partial charge in [-0.3, -0.25) is 4.79 Å². The fourth-order valence-corrected chi connectivity index (χ4v) is 1.60. The molecule has 1 aromatic rings. The Labute approximate surface area is 99.0 Å². The second-order valence-electron chi connectivity index (χ2n) is 3.68. The molecule has 2 nitrogen and oxygen atoms in total. The average molecular weight is 245 g/mol. The zero-order chi connectivity index (χ0) is 12.1. The van der Waals surface area contributed by atoms with Crippen molar-refractivity contribution in [1.82, 2.24) is 0 Å². The normalized spacial score (nSPS) is 12.5. The largest absolute Gasteiger partial charge is 0.385 e. The van der Waals surface area contributed by atoms with Gasteiger partial charge in [-0.15, -0.1) is 0 Å². The SMILES string of the molecule is CCCC(O)C(=O)Cc1cc(F)ccc1Cl. The monoisotopic (exact) mass is 244 g/mol. The minimum absolute atomic E-state index is 0.0300. The van der Waals surface area contributed by atoms with E-state index in [1.807, 2.05) is 6.92 Å². The smallest absolute Gasteiger partial charge is 0.165 e. The summed E-state index contributed by atoms with van der Waals surface area (Å²) >= 11 is 5.82. The molecule has 0 aliphatic rings. The highest BCUT2D eigenvalue weighted by atomic mass is 35.5. The summed E-state index contributed by atoms with van der Waals surface area (Å²) in [6, 6.07) is 3.86. The lowest BCUT2D eigenvalue weighted by Crippen LogP contribution is -2.22. The maximum atomic E-state index is 12.9. The Bertz CT molecular complexity index is 379. The van der Waals surface area contributed by atoms with Gasteiger partial charge in [-0.2, -0.15) is 0 Å². The molecule has 0 spiro atoms. The quantitative estimate of drug-likeness (QED) is 0.865. The summed E-state index contributed by atoms with van der Waals surface area (Å²) in [5.41, 5.74) is 0.418. The molecule has 1 rings (SSSR count). The van der Waals surface area contributed by atoms with Crippen LogP contribution >= 0.6 is 11.6 Å². The zero-order valence-corrected chi connectivity index (χ0v) is 9.80. The molecule has 0 amide bonds. The van der Waals surface area contributed by atoms with E-state index in [-0.39, 0.29) is 12.2 Å². The van der Waals surface area contributed by atoms with Gasteiger partial charge >= 0.3 is 0 Å². The third-order valence-corrected chi connectivity index (χ3v) is 2.67. The molecule has 1 N–H and O–H groups in total. The van der Waals surface area contributed by atoms with Crippen LogP contribution in [-0.4, -0.2) is 17.0 Å². The van der Waals surface area contributed by atoms with Gasteiger partial charge in [0.2, 0.25) is 0 Å².